The molecule has 4 nitrogen and oxygen atoms in total. The Morgan fingerprint density at radius 3 is 3.00 bits per heavy atom. The number of nitrogens with zero attached hydrogens (tertiary/aromatic N) is 2. The van der Waals surface area contributed by atoms with Crippen molar-refractivity contribution in [2.45, 2.75) is 25.9 Å². The highest BCUT2D eigenvalue weighted by Crippen LogP contribution is 2.25. The minimum Gasteiger partial charge on any atom is -0.370 e. The number of halogens is 3. The highest BCUT2D eigenvalue weighted by molar-refractivity contribution is 14.0. The van der Waals surface area contributed by atoms with E-state index in [0.717, 1.165) is 37.7 Å². The number of nitrogens with one attached hydrogen (secondary N) is 1. The van der Waals surface area contributed by atoms with Gasteiger partial charge in [0.1, 0.15) is 11.6 Å². The minimum absolute atomic E-state index is 0. The van der Waals surface area contributed by atoms with Crippen molar-refractivity contribution in [2.24, 2.45) is 10.7 Å². The average molecular weight is 478 g/mol. The zero-order valence-corrected chi connectivity index (χ0v) is 17.0. The summed E-state index contributed by atoms with van der Waals surface area (Å²) >= 11 is 1.81. The normalized spacial score (nSPS) is 16.0. The van der Waals surface area contributed by atoms with Crippen LogP contribution in [0, 0.1) is 11.6 Å². The first-order valence-corrected chi connectivity index (χ1v) is 8.72. The molecule has 1 unspecified atom stereocenters. The van der Waals surface area contributed by atoms with Gasteiger partial charge in [0.15, 0.2) is 5.96 Å². The molecular weight excluding hydrogens is 457 g/mol. The summed E-state index contributed by atoms with van der Waals surface area (Å²) in [6.45, 7) is 4.50. The first-order chi connectivity index (χ1) is 11.5. The van der Waals surface area contributed by atoms with Crippen LogP contribution in [0.2, 0.25) is 0 Å². The molecule has 2 aromatic rings. The maximum atomic E-state index is 13.6. The summed E-state index contributed by atoms with van der Waals surface area (Å²) < 4.78 is 26.7. The lowest BCUT2D eigenvalue weighted by Crippen LogP contribution is -2.39. The Hall–Kier alpha value is -1.26. The Labute approximate surface area is 167 Å². The van der Waals surface area contributed by atoms with Crippen LogP contribution in [0.15, 0.2) is 34.6 Å². The molecule has 0 fully saturated rings. The fourth-order valence-corrected chi connectivity index (χ4v) is 3.65. The van der Waals surface area contributed by atoms with Gasteiger partial charge in [0.05, 0.1) is 12.2 Å². The van der Waals surface area contributed by atoms with Crippen LogP contribution in [0.3, 0.4) is 0 Å². The molecule has 1 aliphatic heterocycles. The van der Waals surface area contributed by atoms with Gasteiger partial charge >= 0.3 is 0 Å². The van der Waals surface area contributed by atoms with E-state index in [1.54, 1.807) is 0 Å². The third kappa shape index (κ3) is 5.11. The summed E-state index contributed by atoms with van der Waals surface area (Å²) in [6.07, 6.45) is 1.06. The molecule has 1 aromatic heterocycles. The lowest BCUT2D eigenvalue weighted by Gasteiger charge is -2.31. The molecule has 25 heavy (non-hydrogen) atoms. The number of guanidine groups is 1. The van der Waals surface area contributed by atoms with E-state index in [0.29, 0.717) is 6.54 Å². The fourth-order valence-electron chi connectivity index (χ4n) is 2.76. The maximum Gasteiger partial charge on any atom is 0.193 e. The molecule has 0 spiro atoms. The molecule has 2 heterocycles. The monoisotopic (exact) mass is 478 g/mol. The Bertz CT molecular complexity index is 750. The number of fused-ring (bicyclic) bond motifs is 1. The highest BCUT2D eigenvalue weighted by Gasteiger charge is 2.21. The van der Waals surface area contributed by atoms with Crippen molar-refractivity contribution in [2.75, 3.05) is 18.4 Å². The van der Waals surface area contributed by atoms with Crippen LogP contribution in [0.1, 0.15) is 17.4 Å². The summed E-state index contributed by atoms with van der Waals surface area (Å²) in [6, 6.07) is 5.56. The van der Waals surface area contributed by atoms with Crippen molar-refractivity contribution in [1.29, 1.82) is 0 Å². The number of nitrogens with two attached hydrogens (primary N) is 1. The van der Waals surface area contributed by atoms with Crippen LogP contribution in [-0.4, -0.2) is 30.0 Å². The van der Waals surface area contributed by atoms with E-state index < -0.39 is 11.6 Å². The second-order valence-corrected chi connectivity index (χ2v) is 6.91. The van der Waals surface area contributed by atoms with Gasteiger partial charge < -0.3 is 11.1 Å². The number of hydrogen-bond donors (Lipinski definition) is 2. The van der Waals surface area contributed by atoms with Crippen molar-refractivity contribution in [1.82, 2.24) is 4.90 Å². The van der Waals surface area contributed by atoms with Gasteiger partial charge in [0, 0.05) is 30.1 Å². The Morgan fingerprint density at radius 1 is 1.40 bits per heavy atom. The largest absolute Gasteiger partial charge is 0.370 e. The summed E-state index contributed by atoms with van der Waals surface area (Å²) in [7, 11) is 0. The molecule has 1 aliphatic rings. The van der Waals surface area contributed by atoms with Crippen molar-refractivity contribution in [3.8, 4) is 0 Å². The highest BCUT2D eigenvalue weighted by atomic mass is 127. The van der Waals surface area contributed by atoms with Crippen LogP contribution in [-0.2, 0) is 13.0 Å². The number of anilines is 1. The first-order valence-electron chi connectivity index (χ1n) is 7.84. The van der Waals surface area contributed by atoms with Gasteiger partial charge in [-0.3, -0.25) is 9.89 Å². The molecule has 136 valence electrons. The molecule has 8 heteroatoms. The Balaban J connectivity index is 0.00000225. The number of rotatable bonds is 4. The van der Waals surface area contributed by atoms with E-state index in [9.17, 15) is 8.78 Å². The molecule has 0 amide bonds. The molecular formula is C17H21F2IN4S. The van der Waals surface area contributed by atoms with Crippen molar-refractivity contribution < 1.29 is 8.78 Å². The molecule has 3 rings (SSSR count). The number of benzene rings is 1. The molecule has 0 saturated carbocycles. The van der Waals surface area contributed by atoms with E-state index >= 15 is 0 Å². The SMILES string of the molecule is CC(CN=C(N)Nc1cc(F)ccc1F)N1CCc2sccc2C1.I. The number of hydrogen-bond acceptors (Lipinski definition) is 3. The summed E-state index contributed by atoms with van der Waals surface area (Å²) in [5.41, 5.74) is 7.17. The van der Waals surface area contributed by atoms with Crippen LogP contribution in [0.5, 0.6) is 0 Å². The molecule has 0 bridgehead atoms. The Kier molecular flexibility index (Phi) is 7.14. The zero-order valence-electron chi connectivity index (χ0n) is 13.8. The van der Waals surface area contributed by atoms with E-state index in [1.807, 2.05) is 11.3 Å². The van der Waals surface area contributed by atoms with Crippen LogP contribution in [0.25, 0.3) is 0 Å². The van der Waals surface area contributed by atoms with E-state index in [1.165, 1.54) is 10.4 Å². The zero-order chi connectivity index (χ0) is 17.1. The molecule has 1 atom stereocenters. The smallest absolute Gasteiger partial charge is 0.193 e. The van der Waals surface area contributed by atoms with E-state index in [2.05, 4.69) is 33.6 Å². The topological polar surface area (TPSA) is 53.6 Å². The van der Waals surface area contributed by atoms with Gasteiger partial charge in [-0.15, -0.1) is 35.3 Å². The molecule has 1 aromatic carbocycles. The van der Waals surface area contributed by atoms with Gasteiger partial charge in [0.25, 0.3) is 0 Å². The average Bonchev–Trinajstić information content (AvgIpc) is 3.03. The molecule has 3 N–H and O–H groups in total. The second-order valence-electron chi connectivity index (χ2n) is 5.91. The van der Waals surface area contributed by atoms with Crippen molar-refractivity contribution in [3.63, 3.8) is 0 Å². The predicted octanol–water partition coefficient (Wildman–Crippen LogP) is 3.82. The lowest BCUT2D eigenvalue weighted by atomic mass is 10.1. The molecule has 0 saturated heterocycles. The third-order valence-electron chi connectivity index (χ3n) is 4.18. The van der Waals surface area contributed by atoms with Gasteiger partial charge in [-0.25, -0.2) is 8.78 Å². The third-order valence-corrected chi connectivity index (χ3v) is 5.20. The minimum atomic E-state index is -0.566. The summed E-state index contributed by atoms with van der Waals surface area (Å²) in [5.74, 6) is -1.01. The standard InChI is InChI=1S/C17H20F2N4S.HI/c1-11(23-6-4-16-12(10-23)5-7-24-16)9-21-17(20)22-15-8-13(18)2-3-14(15)19;/h2-3,5,7-8,11H,4,6,9-10H2,1H3,(H3,20,21,22);1H. The summed E-state index contributed by atoms with van der Waals surface area (Å²) in [5, 5.41) is 4.75. The summed E-state index contributed by atoms with van der Waals surface area (Å²) in [4.78, 5) is 8.08. The molecule has 0 radical (unpaired) electrons. The maximum absolute atomic E-state index is 13.6. The van der Waals surface area contributed by atoms with E-state index in [-0.39, 0.29) is 41.7 Å². The van der Waals surface area contributed by atoms with E-state index in [4.69, 9.17) is 5.73 Å². The van der Waals surface area contributed by atoms with Gasteiger partial charge in [-0.05, 0) is 42.5 Å². The van der Waals surface area contributed by atoms with Gasteiger partial charge in [-0.1, -0.05) is 0 Å². The van der Waals surface area contributed by atoms with Crippen molar-refractivity contribution >= 4 is 47.0 Å². The fraction of sp³-hybridized carbons (Fsp3) is 0.353. The predicted molar refractivity (Wildman–Crippen MR) is 110 cm³/mol. The number of thiophene rings is 1. The lowest BCUT2D eigenvalue weighted by molar-refractivity contribution is 0.197. The van der Waals surface area contributed by atoms with Crippen LogP contribution < -0.4 is 11.1 Å². The van der Waals surface area contributed by atoms with Crippen LogP contribution >= 0.6 is 35.3 Å². The van der Waals surface area contributed by atoms with Crippen LogP contribution in [0.4, 0.5) is 14.5 Å². The first kappa shape index (κ1) is 20.1. The second kappa shape index (κ2) is 8.91. The Morgan fingerprint density at radius 2 is 2.20 bits per heavy atom. The molecule has 0 aliphatic carbocycles. The number of aliphatic imine (C=N–C) groups is 1. The van der Waals surface area contributed by atoms with Crippen molar-refractivity contribution in [3.05, 3.63) is 51.7 Å². The van der Waals surface area contributed by atoms with Gasteiger partial charge in [-0.2, -0.15) is 0 Å². The van der Waals surface area contributed by atoms with Gasteiger partial charge in [0.2, 0.25) is 0 Å². The quantitative estimate of drug-likeness (QED) is 0.399.